The number of anilines is 3. The summed E-state index contributed by atoms with van der Waals surface area (Å²) < 4.78 is 0. The highest BCUT2D eigenvalue weighted by Gasteiger charge is 2.14. The number of likely N-dealkylation sites (N-methyl/N-ethyl adjacent to an activating group) is 1. The SMILES string of the molecule is CCc1nc(Nc2ccc(N3CCN(C)CC3)cc2)ncc1C=O. The van der Waals surface area contributed by atoms with E-state index in [-0.39, 0.29) is 0 Å². The van der Waals surface area contributed by atoms with Crippen molar-refractivity contribution in [1.29, 1.82) is 0 Å². The van der Waals surface area contributed by atoms with Crippen LogP contribution in [-0.4, -0.2) is 54.4 Å². The number of rotatable bonds is 5. The second-order valence-corrected chi connectivity index (χ2v) is 6.03. The van der Waals surface area contributed by atoms with Crippen LogP contribution in [0, 0.1) is 0 Å². The molecule has 6 heteroatoms. The lowest BCUT2D eigenvalue weighted by atomic mass is 10.2. The molecule has 2 heterocycles. The average Bonchev–Trinajstić information content (AvgIpc) is 2.63. The molecule has 1 aromatic carbocycles. The number of aromatic nitrogens is 2. The van der Waals surface area contributed by atoms with E-state index in [1.807, 2.05) is 19.1 Å². The van der Waals surface area contributed by atoms with Crippen molar-refractivity contribution in [2.24, 2.45) is 0 Å². The fourth-order valence-electron chi connectivity index (χ4n) is 2.82. The fourth-order valence-corrected chi connectivity index (χ4v) is 2.82. The molecule has 0 radical (unpaired) electrons. The van der Waals surface area contributed by atoms with Crippen molar-refractivity contribution in [2.75, 3.05) is 43.4 Å². The maximum atomic E-state index is 11.0. The number of carbonyl (C=O) groups is 1. The highest BCUT2D eigenvalue weighted by atomic mass is 16.1. The Morgan fingerprint density at radius 3 is 2.50 bits per heavy atom. The molecule has 0 aliphatic carbocycles. The van der Waals surface area contributed by atoms with Crippen LogP contribution in [0.5, 0.6) is 0 Å². The smallest absolute Gasteiger partial charge is 0.227 e. The van der Waals surface area contributed by atoms with E-state index in [9.17, 15) is 4.79 Å². The molecular weight excluding hydrogens is 302 g/mol. The summed E-state index contributed by atoms with van der Waals surface area (Å²) >= 11 is 0. The second-order valence-electron chi connectivity index (χ2n) is 6.03. The van der Waals surface area contributed by atoms with Crippen LogP contribution in [0.1, 0.15) is 23.0 Å². The first-order chi connectivity index (χ1) is 11.7. The van der Waals surface area contributed by atoms with Crippen LogP contribution < -0.4 is 10.2 Å². The van der Waals surface area contributed by atoms with Gasteiger partial charge in [-0.1, -0.05) is 6.92 Å². The Kier molecular flexibility index (Phi) is 5.05. The van der Waals surface area contributed by atoms with Gasteiger partial charge in [-0.2, -0.15) is 0 Å². The van der Waals surface area contributed by atoms with Crippen LogP contribution in [0.3, 0.4) is 0 Å². The maximum absolute atomic E-state index is 11.0. The van der Waals surface area contributed by atoms with Crippen LogP contribution in [-0.2, 0) is 6.42 Å². The Morgan fingerprint density at radius 2 is 1.88 bits per heavy atom. The molecule has 0 unspecified atom stereocenters. The zero-order valence-corrected chi connectivity index (χ0v) is 14.2. The van der Waals surface area contributed by atoms with Gasteiger partial charge in [0.05, 0.1) is 11.3 Å². The van der Waals surface area contributed by atoms with Gasteiger partial charge >= 0.3 is 0 Å². The molecule has 1 aliphatic heterocycles. The lowest BCUT2D eigenvalue weighted by Crippen LogP contribution is -2.44. The van der Waals surface area contributed by atoms with Crippen molar-refractivity contribution in [3.05, 3.63) is 41.7 Å². The van der Waals surface area contributed by atoms with Gasteiger partial charge in [0.2, 0.25) is 5.95 Å². The van der Waals surface area contributed by atoms with Crippen molar-refractivity contribution in [3.63, 3.8) is 0 Å². The summed E-state index contributed by atoms with van der Waals surface area (Å²) in [6, 6.07) is 8.31. The van der Waals surface area contributed by atoms with Crippen LogP contribution in [0.4, 0.5) is 17.3 Å². The Labute approximate surface area is 142 Å². The fraction of sp³-hybridized carbons (Fsp3) is 0.389. The zero-order chi connectivity index (χ0) is 16.9. The van der Waals surface area contributed by atoms with Gasteiger partial charge in [0, 0.05) is 43.8 Å². The Balaban J connectivity index is 1.69. The molecule has 0 bridgehead atoms. The monoisotopic (exact) mass is 325 g/mol. The molecule has 1 N–H and O–H groups in total. The van der Waals surface area contributed by atoms with Crippen molar-refractivity contribution >= 4 is 23.6 Å². The molecule has 1 aromatic heterocycles. The Hall–Kier alpha value is -2.47. The number of piperazine rings is 1. The van der Waals surface area contributed by atoms with E-state index in [2.05, 4.69) is 44.3 Å². The third-order valence-electron chi connectivity index (χ3n) is 4.35. The number of carbonyl (C=O) groups excluding carboxylic acids is 1. The average molecular weight is 325 g/mol. The summed E-state index contributed by atoms with van der Waals surface area (Å²) in [7, 11) is 2.16. The van der Waals surface area contributed by atoms with E-state index in [1.54, 1.807) is 6.20 Å². The first kappa shape index (κ1) is 16.4. The molecule has 1 saturated heterocycles. The van der Waals surface area contributed by atoms with E-state index in [0.717, 1.165) is 43.8 Å². The number of nitrogens with one attached hydrogen (secondary N) is 1. The van der Waals surface area contributed by atoms with Crippen LogP contribution >= 0.6 is 0 Å². The third-order valence-corrected chi connectivity index (χ3v) is 4.35. The lowest BCUT2D eigenvalue weighted by molar-refractivity contribution is 0.112. The highest BCUT2D eigenvalue weighted by molar-refractivity contribution is 5.76. The summed E-state index contributed by atoms with van der Waals surface area (Å²) in [6.45, 7) is 6.27. The van der Waals surface area contributed by atoms with Gasteiger partial charge < -0.3 is 15.1 Å². The van der Waals surface area contributed by atoms with Gasteiger partial charge in [0.1, 0.15) is 0 Å². The van der Waals surface area contributed by atoms with Crippen molar-refractivity contribution in [1.82, 2.24) is 14.9 Å². The van der Waals surface area contributed by atoms with E-state index in [1.165, 1.54) is 5.69 Å². The number of benzene rings is 1. The normalized spacial score (nSPS) is 15.3. The topological polar surface area (TPSA) is 61.4 Å². The van der Waals surface area contributed by atoms with Gasteiger partial charge in [-0.15, -0.1) is 0 Å². The quantitative estimate of drug-likeness (QED) is 0.852. The minimum absolute atomic E-state index is 0.518. The van der Waals surface area contributed by atoms with Crippen LogP contribution in [0.15, 0.2) is 30.5 Å². The van der Waals surface area contributed by atoms with E-state index in [4.69, 9.17) is 0 Å². The first-order valence-corrected chi connectivity index (χ1v) is 8.31. The van der Waals surface area contributed by atoms with E-state index >= 15 is 0 Å². The predicted molar refractivity (Wildman–Crippen MR) is 96.2 cm³/mol. The van der Waals surface area contributed by atoms with Gasteiger partial charge in [0.15, 0.2) is 6.29 Å². The van der Waals surface area contributed by atoms with Crippen LogP contribution in [0.25, 0.3) is 0 Å². The predicted octanol–water partition coefficient (Wildman–Crippen LogP) is 2.35. The minimum Gasteiger partial charge on any atom is -0.369 e. The molecule has 0 spiro atoms. The first-order valence-electron chi connectivity index (χ1n) is 8.31. The van der Waals surface area contributed by atoms with E-state index < -0.39 is 0 Å². The molecule has 24 heavy (non-hydrogen) atoms. The summed E-state index contributed by atoms with van der Waals surface area (Å²) in [6.07, 6.45) is 3.07. The van der Waals surface area contributed by atoms with Gasteiger partial charge in [-0.05, 0) is 37.7 Å². The molecule has 1 fully saturated rings. The number of hydrogen-bond donors (Lipinski definition) is 1. The zero-order valence-electron chi connectivity index (χ0n) is 14.2. The molecule has 3 rings (SSSR count). The van der Waals surface area contributed by atoms with Crippen molar-refractivity contribution in [3.8, 4) is 0 Å². The van der Waals surface area contributed by atoms with E-state index in [0.29, 0.717) is 17.9 Å². The van der Waals surface area contributed by atoms with Gasteiger partial charge in [-0.25, -0.2) is 9.97 Å². The molecule has 1 aliphatic rings. The standard InChI is InChI=1S/C18H23N5O/c1-3-17-14(13-24)12-19-18(21-17)20-15-4-6-16(7-5-15)23-10-8-22(2)9-11-23/h4-7,12-13H,3,8-11H2,1-2H3,(H,19,20,21). The lowest BCUT2D eigenvalue weighted by Gasteiger charge is -2.34. The van der Waals surface area contributed by atoms with Crippen molar-refractivity contribution in [2.45, 2.75) is 13.3 Å². The summed E-state index contributed by atoms with van der Waals surface area (Å²) in [5.74, 6) is 0.518. The Morgan fingerprint density at radius 1 is 1.17 bits per heavy atom. The van der Waals surface area contributed by atoms with Crippen LogP contribution in [0.2, 0.25) is 0 Å². The number of nitrogens with zero attached hydrogens (tertiary/aromatic N) is 4. The van der Waals surface area contributed by atoms with Gasteiger partial charge in [0.25, 0.3) is 0 Å². The summed E-state index contributed by atoms with van der Waals surface area (Å²) in [4.78, 5) is 24.3. The molecule has 0 saturated carbocycles. The summed E-state index contributed by atoms with van der Waals surface area (Å²) in [5.41, 5.74) is 3.49. The maximum Gasteiger partial charge on any atom is 0.227 e. The number of aldehydes is 1. The number of aryl methyl sites for hydroxylation is 1. The molecule has 2 aromatic rings. The molecule has 6 nitrogen and oxygen atoms in total. The highest BCUT2D eigenvalue weighted by Crippen LogP contribution is 2.21. The Bertz CT molecular complexity index is 693. The van der Waals surface area contributed by atoms with Gasteiger partial charge in [-0.3, -0.25) is 4.79 Å². The molecule has 0 atom stereocenters. The molecule has 0 amide bonds. The van der Waals surface area contributed by atoms with Crippen molar-refractivity contribution < 1.29 is 4.79 Å². The molecular formula is C18H23N5O. The number of hydrogen-bond acceptors (Lipinski definition) is 6. The summed E-state index contributed by atoms with van der Waals surface area (Å²) in [5, 5.41) is 3.20. The second kappa shape index (κ2) is 7.40. The molecule has 126 valence electrons. The minimum atomic E-state index is 0.518. The third kappa shape index (κ3) is 3.71. The largest absolute Gasteiger partial charge is 0.369 e.